The second-order valence-electron chi connectivity index (χ2n) is 15.5. The Labute approximate surface area is 362 Å². The van der Waals surface area contributed by atoms with Crippen molar-refractivity contribution in [3.05, 3.63) is 83.1 Å². The maximum atomic E-state index is 12.5. The fourth-order valence-corrected chi connectivity index (χ4v) is 7.28. The summed E-state index contributed by atoms with van der Waals surface area (Å²) in [5.74, 6) is -2.74. The molecule has 3 aromatic rings. The van der Waals surface area contributed by atoms with Gasteiger partial charge in [0, 0.05) is 18.2 Å². The van der Waals surface area contributed by atoms with Crippen molar-refractivity contribution < 1.29 is 109 Å². The van der Waals surface area contributed by atoms with Crippen LogP contribution in [0.3, 0.4) is 0 Å². The van der Waals surface area contributed by atoms with Crippen LogP contribution in [0.25, 0.3) is 12.2 Å². The van der Waals surface area contributed by atoms with E-state index in [1.165, 1.54) is 43.3 Å². The van der Waals surface area contributed by atoms with E-state index in [0.29, 0.717) is 5.56 Å². The third-order valence-corrected chi connectivity index (χ3v) is 11.0. The highest BCUT2D eigenvalue weighted by Crippen LogP contribution is 2.47. The van der Waals surface area contributed by atoms with Crippen LogP contribution in [0, 0.1) is 0 Å². The molecule has 14 N–H and O–H groups in total. The Morgan fingerprint density at radius 1 is 0.641 bits per heavy atom. The number of rotatable bonds is 12. The molecule has 0 aromatic heterocycles. The molecule has 16 unspecified atom stereocenters. The quantitative estimate of drug-likeness (QED) is 0.0403. The molecule has 0 aliphatic carbocycles. The maximum absolute atomic E-state index is 12.5. The second kappa shape index (κ2) is 19.4. The summed E-state index contributed by atoms with van der Waals surface area (Å²) in [6.45, 7) is 0.193. The topological polar surface area (TPSA) is 357 Å². The van der Waals surface area contributed by atoms with Crippen LogP contribution in [0.4, 0.5) is 0 Å². The minimum absolute atomic E-state index is 0.0103. The molecule has 0 saturated carbocycles. The van der Waals surface area contributed by atoms with E-state index in [1.54, 1.807) is 12.1 Å². The van der Waals surface area contributed by atoms with Crippen molar-refractivity contribution in [2.24, 2.45) is 0 Å². The van der Waals surface area contributed by atoms with Crippen LogP contribution >= 0.6 is 0 Å². The third kappa shape index (κ3) is 9.99. The number of carbonyl (C=O) groups is 1. The molecule has 4 aliphatic rings. The van der Waals surface area contributed by atoms with E-state index in [1.807, 2.05) is 0 Å². The van der Waals surface area contributed by atoms with Crippen molar-refractivity contribution >= 4 is 18.1 Å². The molecule has 7 rings (SSSR count). The van der Waals surface area contributed by atoms with Gasteiger partial charge in [0.05, 0.1) is 24.3 Å². The van der Waals surface area contributed by atoms with E-state index in [2.05, 4.69) is 4.74 Å². The molecule has 3 fully saturated rings. The van der Waals surface area contributed by atoms with E-state index in [0.717, 1.165) is 24.3 Å². The van der Waals surface area contributed by atoms with Gasteiger partial charge < -0.3 is 104 Å². The maximum Gasteiger partial charge on any atom is 0.330 e. The fourth-order valence-electron chi connectivity index (χ4n) is 7.28. The largest absolute Gasteiger partial charge is 0.571 e. The lowest BCUT2D eigenvalue weighted by atomic mass is 9.98. The zero-order valence-corrected chi connectivity index (χ0v) is 33.6. The molecule has 64 heavy (non-hydrogen) atoms. The van der Waals surface area contributed by atoms with Crippen LogP contribution in [-0.2, 0) is 33.2 Å². The number of ether oxygens (including phenoxy) is 8. The lowest BCUT2D eigenvalue weighted by Crippen LogP contribution is -2.61. The number of hydrogen-bond acceptors (Lipinski definition) is 21. The average molecular weight is 906 g/mol. The van der Waals surface area contributed by atoms with Crippen LogP contribution in [0.15, 0.2) is 66.4 Å². The van der Waals surface area contributed by atoms with Gasteiger partial charge in [-0.3, -0.25) is 0 Å². The zero-order chi connectivity index (χ0) is 46.1. The molecule has 0 amide bonds. The Morgan fingerprint density at radius 2 is 1.25 bits per heavy atom. The van der Waals surface area contributed by atoms with Gasteiger partial charge in [-0.25, -0.2) is 4.79 Å². The summed E-state index contributed by atoms with van der Waals surface area (Å²) in [6, 6.07) is 11.9. The molecule has 16 atom stereocenters. The van der Waals surface area contributed by atoms with E-state index >= 15 is 0 Å². The number of aliphatic hydroxyl groups is 10. The summed E-state index contributed by atoms with van der Waals surface area (Å²) in [5.41, 5.74) is 0.765. The molecule has 0 bridgehead atoms. The molecular formula is C42H49O22+. The molecule has 348 valence electrons. The summed E-state index contributed by atoms with van der Waals surface area (Å²) >= 11 is 0. The van der Waals surface area contributed by atoms with Crippen LogP contribution in [0.5, 0.6) is 34.5 Å². The van der Waals surface area contributed by atoms with Crippen molar-refractivity contribution in [2.45, 2.75) is 105 Å². The van der Waals surface area contributed by atoms with Crippen molar-refractivity contribution in [3.8, 4) is 34.5 Å². The Morgan fingerprint density at radius 3 is 1.91 bits per heavy atom. The van der Waals surface area contributed by atoms with Crippen molar-refractivity contribution in [3.63, 3.8) is 0 Å². The van der Waals surface area contributed by atoms with Crippen LogP contribution < -0.4 is 4.74 Å². The van der Waals surface area contributed by atoms with Gasteiger partial charge in [-0.2, -0.15) is 0 Å². The number of aliphatic hydroxyl groups excluding tert-OH is 9. The van der Waals surface area contributed by atoms with Gasteiger partial charge >= 0.3 is 5.97 Å². The van der Waals surface area contributed by atoms with Gasteiger partial charge in [-0.15, -0.1) is 0 Å². The number of hydrogen-bond donors (Lipinski definition) is 13. The first kappa shape index (κ1) is 46.7. The Kier molecular flexibility index (Phi) is 14.2. The fraction of sp³-hybridized carbons (Fsp3) is 0.452. The standard InChI is InChI=1S/C42H48O22/c1-16-30(48)33(51)36(54)40(59-16)58-15-28-32(50)35(53)38(56)42(64-28)62-26-13-21-24(60-39(26)18-5-8-22(45)23(46)10-18)11-20(44)12-25(21)61-41-37(55)34(52)31(49)27(63-41)14-57-29(47)9-4-17-2-6-19(43)7-3-17/h2-13,16,27-28,30-46,48-56H,14-15H2,1H3/p+1. The smallest absolute Gasteiger partial charge is 0.330 e. The van der Waals surface area contributed by atoms with E-state index in [-0.39, 0.29) is 34.1 Å². The molecule has 22 nitrogen and oxygen atoms in total. The molecule has 22 heteroatoms. The van der Waals surface area contributed by atoms with Gasteiger partial charge in [-0.05, 0) is 48.9 Å². The predicted molar refractivity (Wildman–Crippen MR) is 212 cm³/mol. The van der Waals surface area contributed by atoms with Gasteiger partial charge in [0.2, 0.25) is 12.6 Å². The molecule has 4 aliphatic heterocycles. The number of phenolic OH excluding ortho intramolecular Hbond substituents is 4. The third-order valence-electron chi connectivity index (χ3n) is 11.0. The van der Waals surface area contributed by atoms with Crippen LogP contribution in [0.1, 0.15) is 29.7 Å². The van der Waals surface area contributed by atoms with Gasteiger partial charge in [0.25, 0.3) is 11.9 Å². The molecule has 3 aromatic carbocycles. The lowest BCUT2D eigenvalue weighted by molar-refractivity contribution is -0.325. The molecule has 4 heterocycles. The minimum Gasteiger partial charge on any atom is -0.571 e. The average Bonchev–Trinajstić information content (AvgIpc) is 3.27. The zero-order valence-electron chi connectivity index (χ0n) is 33.6. The minimum atomic E-state index is -1.94. The summed E-state index contributed by atoms with van der Waals surface area (Å²) in [5, 5.41) is 137. The lowest BCUT2D eigenvalue weighted by Gasteiger charge is -2.42. The number of benzene rings is 3. The Balaban J connectivity index is 1.13. The summed E-state index contributed by atoms with van der Waals surface area (Å²) in [6.07, 6.45) is -22.5. The van der Waals surface area contributed by atoms with Crippen molar-refractivity contribution in [1.82, 2.24) is 0 Å². The van der Waals surface area contributed by atoms with Crippen molar-refractivity contribution in [1.29, 1.82) is 0 Å². The summed E-state index contributed by atoms with van der Waals surface area (Å²) in [7, 11) is 0. The highest BCUT2D eigenvalue weighted by atomic mass is 16.7. The number of esters is 1. The normalized spacial score (nSPS) is 35.2. The van der Waals surface area contributed by atoms with E-state index in [9.17, 15) is 71.2 Å². The van der Waals surface area contributed by atoms with E-state index in [4.69, 9.17) is 33.2 Å². The van der Waals surface area contributed by atoms with Gasteiger partial charge in [0.15, 0.2) is 23.5 Å². The molecular weight excluding hydrogens is 856 g/mol. The summed E-state index contributed by atoms with van der Waals surface area (Å²) < 4.78 is 44.6. The van der Waals surface area contributed by atoms with Gasteiger partial charge in [0.1, 0.15) is 96.6 Å². The summed E-state index contributed by atoms with van der Waals surface area (Å²) in [4.78, 5) is 12.5. The molecule has 0 radical (unpaired) electrons. The molecule has 0 spiro atoms. The highest BCUT2D eigenvalue weighted by Gasteiger charge is 2.50. The second-order valence-corrected chi connectivity index (χ2v) is 15.5. The van der Waals surface area contributed by atoms with Crippen LogP contribution in [0.2, 0.25) is 0 Å². The predicted octanol–water partition coefficient (Wildman–Crippen LogP) is -2.04. The SMILES string of the molecule is CC1OC(OCC2OC(OC3=Cc4c(OC5OC(COC(=O)C=Cc6ccc(O)cc6)C(O)C(O)C5O)cc(O)cc4[OH+]C3c3ccc(O)c(O)c3)C(O)C(O)C2O)C(O)C(O)C1O. The Bertz CT molecular complexity index is 2160. The number of phenols is 4. The van der Waals surface area contributed by atoms with Crippen LogP contribution in [-0.4, -0.2) is 182 Å². The van der Waals surface area contributed by atoms with Gasteiger partial charge in [-0.1, -0.05) is 12.1 Å². The first-order chi connectivity index (χ1) is 30.4. The Hall–Kier alpha value is -5.31. The highest BCUT2D eigenvalue weighted by molar-refractivity contribution is 5.87. The van der Waals surface area contributed by atoms with E-state index < -0.39 is 135 Å². The monoisotopic (exact) mass is 905 g/mol. The first-order valence-electron chi connectivity index (χ1n) is 19.9. The number of aromatic hydroxyl groups is 5. The first-order valence-corrected chi connectivity index (χ1v) is 19.9. The number of carbonyl (C=O) groups excluding carboxylic acids is 1. The van der Waals surface area contributed by atoms with Crippen molar-refractivity contribution in [2.75, 3.05) is 13.2 Å². The number of fused-ring (bicyclic) bond motifs is 1. The molecule has 3 saturated heterocycles.